The zero-order chi connectivity index (χ0) is 13.1. The van der Waals surface area contributed by atoms with Crippen molar-refractivity contribution in [1.29, 1.82) is 0 Å². The van der Waals surface area contributed by atoms with Crippen LogP contribution in [-0.2, 0) is 6.54 Å². The Morgan fingerprint density at radius 2 is 2.28 bits per heavy atom. The molecule has 18 heavy (non-hydrogen) atoms. The third kappa shape index (κ3) is 2.89. The third-order valence-electron chi connectivity index (χ3n) is 2.37. The number of nitrogens with one attached hydrogen (secondary N) is 1. The van der Waals surface area contributed by atoms with Gasteiger partial charge in [0.25, 0.3) is 5.91 Å². The number of aryl methyl sites for hydroxylation is 1. The maximum atomic E-state index is 11.9. The Balaban J connectivity index is 2.05. The smallest absolute Gasteiger partial charge is 0.253 e. The maximum absolute atomic E-state index is 11.9. The predicted octanol–water partition coefficient (Wildman–Crippen LogP) is 2.26. The summed E-state index contributed by atoms with van der Waals surface area (Å²) in [6.45, 7) is 2.10. The second-order valence-corrected chi connectivity index (χ2v) is 4.76. The van der Waals surface area contributed by atoms with E-state index in [0.717, 1.165) is 4.47 Å². The molecule has 0 unspecified atom stereocenters. The molecule has 0 saturated carbocycles. The molecule has 0 saturated heterocycles. The van der Waals surface area contributed by atoms with Crippen LogP contribution in [-0.4, -0.2) is 11.1 Å². The van der Waals surface area contributed by atoms with Gasteiger partial charge in [0.05, 0.1) is 12.1 Å². The Hall–Kier alpha value is -1.82. The average molecular weight is 310 g/mol. The quantitative estimate of drug-likeness (QED) is 0.852. The van der Waals surface area contributed by atoms with Gasteiger partial charge in [-0.1, -0.05) is 21.1 Å². The normalized spacial score (nSPS) is 10.3. The summed E-state index contributed by atoms with van der Waals surface area (Å²) in [4.78, 5) is 11.9. The fourth-order valence-electron chi connectivity index (χ4n) is 1.49. The lowest BCUT2D eigenvalue weighted by atomic mass is 10.1. The topological polar surface area (TPSA) is 81.2 Å². The van der Waals surface area contributed by atoms with Gasteiger partial charge in [0.1, 0.15) is 11.5 Å². The molecule has 0 spiro atoms. The first-order chi connectivity index (χ1) is 8.56. The van der Waals surface area contributed by atoms with Gasteiger partial charge < -0.3 is 15.6 Å². The van der Waals surface area contributed by atoms with E-state index in [-0.39, 0.29) is 5.91 Å². The van der Waals surface area contributed by atoms with Gasteiger partial charge in [0.15, 0.2) is 0 Å². The van der Waals surface area contributed by atoms with Gasteiger partial charge in [0.2, 0.25) is 0 Å². The fraction of sp³-hybridized carbons (Fsp3) is 0.167. The third-order valence-corrected chi connectivity index (χ3v) is 2.86. The minimum atomic E-state index is -0.241. The highest BCUT2D eigenvalue weighted by molar-refractivity contribution is 9.10. The Morgan fingerprint density at radius 1 is 1.50 bits per heavy atom. The SMILES string of the molecule is Cc1cc(CNC(=O)c2cc(Br)ccc2N)no1. The summed E-state index contributed by atoms with van der Waals surface area (Å²) >= 11 is 3.30. The molecule has 0 bridgehead atoms. The van der Waals surface area contributed by atoms with Crippen LogP contribution in [0.1, 0.15) is 21.8 Å². The molecule has 1 aromatic carbocycles. The Morgan fingerprint density at radius 3 is 2.94 bits per heavy atom. The number of nitrogens with zero attached hydrogens (tertiary/aromatic N) is 1. The van der Waals surface area contributed by atoms with E-state index in [1.54, 1.807) is 31.2 Å². The summed E-state index contributed by atoms with van der Waals surface area (Å²) in [5, 5.41) is 6.53. The van der Waals surface area contributed by atoms with Crippen molar-refractivity contribution in [3.05, 3.63) is 45.8 Å². The average Bonchev–Trinajstić information content (AvgIpc) is 2.75. The number of amides is 1. The molecule has 0 aliphatic heterocycles. The molecule has 1 heterocycles. The predicted molar refractivity (Wildman–Crippen MR) is 71.0 cm³/mol. The van der Waals surface area contributed by atoms with Gasteiger partial charge in [-0.3, -0.25) is 4.79 Å². The Bertz CT molecular complexity index is 580. The standard InChI is InChI=1S/C12H12BrN3O2/c1-7-4-9(16-18-7)6-15-12(17)10-5-8(13)2-3-11(10)14/h2-5H,6,14H2,1H3,(H,15,17). The monoisotopic (exact) mass is 309 g/mol. The molecule has 2 rings (SSSR count). The largest absolute Gasteiger partial charge is 0.398 e. The zero-order valence-electron chi connectivity index (χ0n) is 9.74. The fourth-order valence-corrected chi connectivity index (χ4v) is 1.85. The molecule has 0 fully saturated rings. The van der Waals surface area contributed by atoms with Crippen molar-refractivity contribution < 1.29 is 9.32 Å². The van der Waals surface area contributed by atoms with Gasteiger partial charge >= 0.3 is 0 Å². The van der Waals surface area contributed by atoms with Gasteiger partial charge in [-0.05, 0) is 25.1 Å². The summed E-state index contributed by atoms with van der Waals surface area (Å²) < 4.78 is 5.72. The number of rotatable bonds is 3. The number of hydrogen-bond acceptors (Lipinski definition) is 4. The Kier molecular flexibility index (Phi) is 3.66. The number of hydrogen-bond donors (Lipinski definition) is 2. The van der Waals surface area contributed by atoms with E-state index in [2.05, 4.69) is 26.4 Å². The van der Waals surface area contributed by atoms with Crippen molar-refractivity contribution in [3.63, 3.8) is 0 Å². The number of benzene rings is 1. The van der Waals surface area contributed by atoms with Crippen molar-refractivity contribution in [2.45, 2.75) is 13.5 Å². The molecule has 2 aromatic rings. The van der Waals surface area contributed by atoms with Crippen LogP contribution in [0, 0.1) is 6.92 Å². The van der Waals surface area contributed by atoms with Gasteiger partial charge in [-0.15, -0.1) is 0 Å². The minimum Gasteiger partial charge on any atom is -0.398 e. The number of halogens is 1. The van der Waals surface area contributed by atoms with Gasteiger partial charge in [-0.2, -0.15) is 0 Å². The van der Waals surface area contributed by atoms with E-state index >= 15 is 0 Å². The summed E-state index contributed by atoms with van der Waals surface area (Å²) in [5.41, 5.74) is 7.29. The molecule has 6 heteroatoms. The number of carbonyl (C=O) groups is 1. The van der Waals surface area contributed by atoms with Crippen molar-refractivity contribution >= 4 is 27.5 Å². The van der Waals surface area contributed by atoms with E-state index in [4.69, 9.17) is 10.3 Å². The molecule has 1 aromatic heterocycles. The van der Waals surface area contributed by atoms with Crippen LogP contribution >= 0.6 is 15.9 Å². The van der Waals surface area contributed by atoms with Crippen molar-refractivity contribution in [3.8, 4) is 0 Å². The number of carbonyl (C=O) groups excluding carboxylic acids is 1. The molecular weight excluding hydrogens is 298 g/mol. The summed E-state index contributed by atoms with van der Waals surface area (Å²) in [7, 11) is 0. The second kappa shape index (κ2) is 5.22. The van der Waals surface area contributed by atoms with Crippen LogP contribution < -0.4 is 11.1 Å². The number of anilines is 1. The summed E-state index contributed by atoms with van der Waals surface area (Å²) in [6, 6.07) is 6.91. The van der Waals surface area contributed by atoms with Crippen LogP contribution in [0.3, 0.4) is 0 Å². The van der Waals surface area contributed by atoms with E-state index in [1.165, 1.54) is 0 Å². The molecule has 5 nitrogen and oxygen atoms in total. The molecule has 94 valence electrons. The first-order valence-corrected chi connectivity index (χ1v) is 6.11. The summed E-state index contributed by atoms with van der Waals surface area (Å²) in [6.07, 6.45) is 0. The maximum Gasteiger partial charge on any atom is 0.253 e. The van der Waals surface area contributed by atoms with Crippen molar-refractivity contribution in [2.75, 3.05) is 5.73 Å². The second-order valence-electron chi connectivity index (χ2n) is 3.84. The molecular formula is C12H12BrN3O2. The first kappa shape index (κ1) is 12.6. The van der Waals surface area contributed by atoms with Gasteiger partial charge in [-0.25, -0.2) is 0 Å². The molecule has 0 aliphatic carbocycles. The van der Waals surface area contributed by atoms with Crippen LogP contribution in [0.4, 0.5) is 5.69 Å². The lowest BCUT2D eigenvalue weighted by Crippen LogP contribution is -2.23. The van der Waals surface area contributed by atoms with Crippen LogP contribution in [0.5, 0.6) is 0 Å². The van der Waals surface area contributed by atoms with E-state index in [9.17, 15) is 4.79 Å². The zero-order valence-corrected chi connectivity index (χ0v) is 11.3. The molecule has 1 amide bonds. The van der Waals surface area contributed by atoms with Crippen LogP contribution in [0.25, 0.3) is 0 Å². The van der Waals surface area contributed by atoms with Crippen molar-refractivity contribution in [1.82, 2.24) is 10.5 Å². The highest BCUT2D eigenvalue weighted by Gasteiger charge is 2.10. The van der Waals surface area contributed by atoms with Crippen LogP contribution in [0.15, 0.2) is 33.3 Å². The number of aromatic nitrogens is 1. The van der Waals surface area contributed by atoms with E-state index in [0.29, 0.717) is 29.2 Å². The summed E-state index contributed by atoms with van der Waals surface area (Å²) in [5.74, 6) is 0.468. The van der Waals surface area contributed by atoms with Crippen LogP contribution in [0.2, 0.25) is 0 Å². The van der Waals surface area contributed by atoms with E-state index in [1.807, 2.05) is 0 Å². The number of nitrogen functional groups attached to an aromatic ring is 1. The highest BCUT2D eigenvalue weighted by atomic mass is 79.9. The molecule has 3 N–H and O–H groups in total. The van der Waals surface area contributed by atoms with Crippen molar-refractivity contribution in [2.24, 2.45) is 0 Å². The number of nitrogens with two attached hydrogens (primary N) is 1. The first-order valence-electron chi connectivity index (χ1n) is 5.31. The minimum absolute atomic E-state index is 0.241. The molecule has 0 atom stereocenters. The highest BCUT2D eigenvalue weighted by Crippen LogP contribution is 2.18. The lowest BCUT2D eigenvalue weighted by Gasteiger charge is -2.06. The van der Waals surface area contributed by atoms with Gasteiger partial charge in [0, 0.05) is 16.2 Å². The lowest BCUT2D eigenvalue weighted by molar-refractivity contribution is 0.0951. The van der Waals surface area contributed by atoms with E-state index < -0.39 is 0 Å². The molecule has 0 aliphatic rings. The molecule has 0 radical (unpaired) electrons. The Labute approximate surface area is 112 Å².